The van der Waals surface area contributed by atoms with Crippen molar-refractivity contribution in [3.8, 4) is 0 Å². The lowest BCUT2D eigenvalue weighted by atomic mass is 9.70. The van der Waals surface area contributed by atoms with Gasteiger partial charge in [0.1, 0.15) is 17.0 Å². The van der Waals surface area contributed by atoms with E-state index in [4.69, 9.17) is 16.3 Å². The lowest BCUT2D eigenvalue weighted by Gasteiger charge is -2.50. The summed E-state index contributed by atoms with van der Waals surface area (Å²) in [6.07, 6.45) is 6.40. The zero-order valence-corrected chi connectivity index (χ0v) is 24.7. The minimum Gasteiger partial charge on any atom is -0.371 e. The molecule has 0 radical (unpaired) electrons. The van der Waals surface area contributed by atoms with Crippen LogP contribution < -0.4 is 10.6 Å². The maximum absolute atomic E-state index is 14.0. The topological polar surface area (TPSA) is 121 Å². The summed E-state index contributed by atoms with van der Waals surface area (Å²) < 4.78 is 6.78. The third-order valence-electron chi connectivity index (χ3n) is 9.61. The minimum atomic E-state index is -0.993. The third kappa shape index (κ3) is 4.54. The number of hydrogen-bond acceptors (Lipinski definition) is 7. The molecule has 5 heterocycles. The van der Waals surface area contributed by atoms with Gasteiger partial charge in [-0.15, -0.1) is 0 Å². The number of halogens is 1. The monoisotopic (exact) mass is 589 g/mol. The summed E-state index contributed by atoms with van der Waals surface area (Å²) in [6, 6.07) is -0.993. The zero-order chi connectivity index (χ0) is 28.4. The van der Waals surface area contributed by atoms with Gasteiger partial charge in [0.15, 0.2) is 4.47 Å². The molecule has 6 aliphatic rings. The number of nitrogens with zero attached hydrogens (tertiary/aromatic N) is 3. The van der Waals surface area contributed by atoms with Crippen LogP contribution in [0.5, 0.6) is 0 Å². The summed E-state index contributed by atoms with van der Waals surface area (Å²) in [5.41, 5.74) is 0.354. The van der Waals surface area contributed by atoms with E-state index in [9.17, 15) is 19.2 Å². The van der Waals surface area contributed by atoms with Gasteiger partial charge in [0, 0.05) is 49.6 Å². The molecule has 7 rings (SSSR count). The summed E-state index contributed by atoms with van der Waals surface area (Å²) in [6.45, 7) is 5.72. The molecular weight excluding hydrogens is 554 g/mol. The van der Waals surface area contributed by atoms with Crippen LogP contribution in [0.3, 0.4) is 0 Å². The van der Waals surface area contributed by atoms with Crippen LogP contribution in [0.2, 0.25) is 4.47 Å². The highest BCUT2D eigenvalue weighted by molar-refractivity contribution is 7.17. The minimum absolute atomic E-state index is 0.0698. The SMILES string of the molecule is CNC(=O)[C@H]1NC(=O)[C@H]2CN(C(=O)c3cnc(Cl)s3)CC23CN(C3)C(=O)C2=C([C@H]1OCC1CCCCC1)C2(C)C. The summed E-state index contributed by atoms with van der Waals surface area (Å²) in [5, 5.41) is 5.73. The third-order valence-corrected chi connectivity index (χ3v) is 10.7. The van der Waals surface area contributed by atoms with Crippen LogP contribution in [0.1, 0.15) is 55.6 Å². The molecule has 2 aliphatic carbocycles. The van der Waals surface area contributed by atoms with Crippen molar-refractivity contribution in [2.75, 3.05) is 39.8 Å². The Hall–Kier alpha value is -2.50. The Balaban J connectivity index is 1.32. The number of aromatic nitrogens is 1. The Bertz CT molecular complexity index is 1280. The number of likely N-dealkylation sites (N-methyl/N-ethyl adjacent to an activating group) is 1. The molecule has 12 heteroatoms. The van der Waals surface area contributed by atoms with Crippen molar-refractivity contribution in [1.29, 1.82) is 0 Å². The highest BCUT2D eigenvalue weighted by Gasteiger charge is 2.64. The van der Waals surface area contributed by atoms with E-state index in [2.05, 4.69) is 15.6 Å². The number of likely N-dealkylation sites (tertiary alicyclic amines) is 1. The number of hydrogen-bond donors (Lipinski definition) is 2. The van der Waals surface area contributed by atoms with Gasteiger partial charge in [-0.2, -0.15) is 0 Å². The lowest BCUT2D eigenvalue weighted by Crippen LogP contribution is -2.65. The van der Waals surface area contributed by atoms with Gasteiger partial charge in [-0.3, -0.25) is 19.2 Å². The predicted molar refractivity (Wildman–Crippen MR) is 149 cm³/mol. The molecule has 1 aromatic heterocycles. The van der Waals surface area contributed by atoms with Crippen molar-refractivity contribution in [1.82, 2.24) is 25.4 Å². The summed E-state index contributed by atoms with van der Waals surface area (Å²) in [4.78, 5) is 62.2. The fourth-order valence-electron chi connectivity index (χ4n) is 7.33. The van der Waals surface area contributed by atoms with Crippen LogP contribution in [0.4, 0.5) is 0 Å². The van der Waals surface area contributed by atoms with Gasteiger partial charge in [0.2, 0.25) is 11.8 Å². The van der Waals surface area contributed by atoms with Gasteiger partial charge in [0.05, 0.1) is 18.7 Å². The fraction of sp³-hybridized carbons (Fsp3) is 0.679. The molecule has 1 aromatic rings. The average Bonchev–Trinajstić information content (AvgIpc) is 3.24. The summed E-state index contributed by atoms with van der Waals surface area (Å²) in [7, 11) is 1.54. The van der Waals surface area contributed by atoms with E-state index < -0.39 is 28.9 Å². The Labute approximate surface area is 242 Å². The van der Waals surface area contributed by atoms with E-state index in [1.54, 1.807) is 9.80 Å². The largest absolute Gasteiger partial charge is 0.371 e. The first-order chi connectivity index (χ1) is 19.1. The number of fused-ring (bicyclic) bond motifs is 3. The van der Waals surface area contributed by atoms with Gasteiger partial charge in [0.25, 0.3) is 11.8 Å². The van der Waals surface area contributed by atoms with Crippen LogP contribution in [0.15, 0.2) is 17.3 Å². The van der Waals surface area contributed by atoms with E-state index in [-0.39, 0.29) is 34.6 Å². The molecule has 4 amide bonds. The number of carbonyl (C=O) groups excluding carboxylic acids is 4. The Morgan fingerprint density at radius 1 is 1.20 bits per heavy atom. The molecule has 3 atom stereocenters. The molecule has 0 aromatic carbocycles. The van der Waals surface area contributed by atoms with Crippen LogP contribution >= 0.6 is 22.9 Å². The van der Waals surface area contributed by atoms with Crippen molar-refractivity contribution in [3.05, 3.63) is 26.7 Å². The quantitative estimate of drug-likeness (QED) is 0.543. The maximum Gasteiger partial charge on any atom is 0.265 e. The number of ether oxygens (including phenoxy) is 1. The van der Waals surface area contributed by atoms with Crippen molar-refractivity contribution in [3.63, 3.8) is 0 Å². The number of amides is 4. The number of thiazole rings is 1. The van der Waals surface area contributed by atoms with E-state index in [1.807, 2.05) is 13.8 Å². The van der Waals surface area contributed by atoms with Crippen LogP contribution in [0.25, 0.3) is 0 Å². The fourth-order valence-corrected chi connectivity index (χ4v) is 8.24. The van der Waals surface area contributed by atoms with Gasteiger partial charge >= 0.3 is 0 Å². The molecule has 216 valence electrons. The normalized spacial score (nSPS) is 31.6. The summed E-state index contributed by atoms with van der Waals surface area (Å²) in [5.74, 6) is -1.15. The van der Waals surface area contributed by atoms with E-state index in [1.165, 1.54) is 19.7 Å². The highest BCUT2D eigenvalue weighted by atomic mass is 35.5. The van der Waals surface area contributed by atoms with Crippen LogP contribution in [-0.4, -0.2) is 90.4 Å². The molecule has 10 nitrogen and oxygen atoms in total. The molecule has 2 saturated heterocycles. The molecule has 2 bridgehead atoms. The molecule has 3 fully saturated rings. The maximum atomic E-state index is 14.0. The molecule has 1 spiro atoms. The Morgan fingerprint density at radius 2 is 1.93 bits per heavy atom. The second-order valence-corrected chi connectivity index (χ2v) is 14.1. The van der Waals surface area contributed by atoms with E-state index >= 15 is 0 Å². The van der Waals surface area contributed by atoms with Gasteiger partial charge in [-0.25, -0.2) is 4.98 Å². The van der Waals surface area contributed by atoms with Gasteiger partial charge in [-0.1, -0.05) is 56.0 Å². The van der Waals surface area contributed by atoms with E-state index in [0.29, 0.717) is 42.6 Å². The predicted octanol–water partition coefficient (Wildman–Crippen LogP) is 2.24. The smallest absolute Gasteiger partial charge is 0.265 e. The molecule has 0 unspecified atom stereocenters. The second kappa shape index (κ2) is 10.1. The summed E-state index contributed by atoms with van der Waals surface area (Å²) >= 11 is 7.06. The zero-order valence-electron chi connectivity index (χ0n) is 23.1. The average molecular weight is 590 g/mol. The standard InChI is InChI=1S/C28H36ClN5O5S/c1-27(2)18-19(27)25(38)34-13-28(14-34)12-33(24(37)17-9-31-26(29)40-17)10-16(28)22(35)32-20(23(36)30-3)21(18)39-11-15-7-5-4-6-8-15/h9,15-16,20-21H,4-8,10-14H2,1-3H3,(H,30,36)(H,32,35)/t16-,20+,21-/m1/s1. The molecule has 4 aliphatic heterocycles. The van der Waals surface area contributed by atoms with Crippen molar-refractivity contribution in [2.45, 2.75) is 58.1 Å². The van der Waals surface area contributed by atoms with Gasteiger partial charge < -0.3 is 25.2 Å². The molecule has 1 saturated carbocycles. The number of rotatable bonds is 5. The molecule has 40 heavy (non-hydrogen) atoms. The number of nitrogens with one attached hydrogen (secondary N) is 2. The molecular formula is C28H36ClN5O5S. The highest BCUT2D eigenvalue weighted by Crippen LogP contribution is 2.57. The first kappa shape index (κ1) is 27.7. The van der Waals surface area contributed by atoms with Crippen molar-refractivity contribution >= 4 is 46.6 Å². The van der Waals surface area contributed by atoms with Crippen LogP contribution in [0, 0.1) is 22.7 Å². The van der Waals surface area contributed by atoms with E-state index in [0.717, 1.165) is 42.6 Å². The van der Waals surface area contributed by atoms with Crippen molar-refractivity contribution < 1.29 is 23.9 Å². The Morgan fingerprint density at radius 3 is 2.58 bits per heavy atom. The first-order valence-corrected chi connectivity index (χ1v) is 15.3. The second-order valence-electron chi connectivity index (χ2n) is 12.5. The van der Waals surface area contributed by atoms with Crippen molar-refractivity contribution in [2.24, 2.45) is 22.7 Å². The van der Waals surface area contributed by atoms with Crippen LogP contribution in [-0.2, 0) is 19.1 Å². The molecule has 2 N–H and O–H groups in total. The first-order valence-electron chi connectivity index (χ1n) is 14.1. The Kier molecular flexibility index (Phi) is 6.98. The number of carbonyl (C=O) groups is 4. The lowest BCUT2D eigenvalue weighted by molar-refractivity contribution is -0.147. The van der Waals surface area contributed by atoms with Gasteiger partial charge in [-0.05, 0) is 24.3 Å².